The van der Waals surface area contributed by atoms with Crippen molar-refractivity contribution >= 4 is 11.8 Å². The second-order valence-electron chi connectivity index (χ2n) is 6.13. The van der Waals surface area contributed by atoms with Crippen molar-refractivity contribution < 1.29 is 18.7 Å². The lowest BCUT2D eigenvalue weighted by Gasteiger charge is -2.31. The molecule has 2 saturated heterocycles. The molecular weight excluding hydrogens is 299 g/mol. The number of likely N-dealkylation sites (tertiary alicyclic amines) is 1. The molecule has 1 N–H and O–H groups in total. The summed E-state index contributed by atoms with van der Waals surface area (Å²) in [6, 6.07) is 6.22. The molecule has 2 amide bonds. The minimum absolute atomic E-state index is 0.0545. The molecule has 124 valence electrons. The molecular formula is C17H21FN2O3. The first-order valence-corrected chi connectivity index (χ1v) is 8.03. The van der Waals surface area contributed by atoms with Crippen LogP contribution in [-0.4, -0.2) is 42.5 Å². The first kappa shape index (κ1) is 15.9. The van der Waals surface area contributed by atoms with Gasteiger partial charge in [0, 0.05) is 38.8 Å². The van der Waals surface area contributed by atoms with Crippen LogP contribution in [0.4, 0.5) is 4.39 Å². The smallest absolute Gasteiger partial charge is 0.225 e. The molecule has 0 aliphatic carbocycles. The maximum absolute atomic E-state index is 12.9. The fourth-order valence-electron chi connectivity index (χ4n) is 3.19. The van der Waals surface area contributed by atoms with Crippen LogP contribution in [-0.2, 0) is 20.9 Å². The van der Waals surface area contributed by atoms with Gasteiger partial charge in [-0.3, -0.25) is 9.59 Å². The highest BCUT2D eigenvalue weighted by Crippen LogP contribution is 2.25. The Kier molecular flexibility index (Phi) is 4.91. The third-order valence-corrected chi connectivity index (χ3v) is 4.54. The number of rotatable bonds is 4. The van der Waals surface area contributed by atoms with Crippen molar-refractivity contribution in [2.24, 2.45) is 5.92 Å². The Labute approximate surface area is 134 Å². The third kappa shape index (κ3) is 3.88. The number of hydrogen-bond donors (Lipinski definition) is 1. The van der Waals surface area contributed by atoms with Gasteiger partial charge < -0.3 is 15.0 Å². The molecule has 1 aromatic rings. The van der Waals surface area contributed by atoms with Crippen LogP contribution in [0.5, 0.6) is 0 Å². The summed E-state index contributed by atoms with van der Waals surface area (Å²) in [6.07, 6.45) is 1.96. The molecule has 0 radical (unpaired) electrons. The summed E-state index contributed by atoms with van der Waals surface area (Å²) in [7, 11) is 0. The second kappa shape index (κ2) is 7.08. The van der Waals surface area contributed by atoms with E-state index >= 15 is 0 Å². The monoisotopic (exact) mass is 320 g/mol. The van der Waals surface area contributed by atoms with Crippen molar-refractivity contribution in [1.82, 2.24) is 10.2 Å². The van der Waals surface area contributed by atoms with Crippen LogP contribution in [0.15, 0.2) is 24.3 Å². The second-order valence-corrected chi connectivity index (χ2v) is 6.13. The molecule has 0 spiro atoms. The topological polar surface area (TPSA) is 58.6 Å². The van der Waals surface area contributed by atoms with Gasteiger partial charge >= 0.3 is 0 Å². The fourth-order valence-corrected chi connectivity index (χ4v) is 3.19. The Morgan fingerprint density at radius 2 is 1.96 bits per heavy atom. The van der Waals surface area contributed by atoms with Gasteiger partial charge in [-0.2, -0.15) is 0 Å². The lowest BCUT2D eigenvalue weighted by atomic mass is 10.1. The van der Waals surface area contributed by atoms with E-state index in [1.165, 1.54) is 12.1 Å². The van der Waals surface area contributed by atoms with Crippen LogP contribution < -0.4 is 5.32 Å². The number of nitrogens with zero attached hydrogens (tertiary/aromatic N) is 1. The van der Waals surface area contributed by atoms with E-state index in [1.54, 1.807) is 12.1 Å². The molecule has 0 aromatic heterocycles. The predicted octanol–water partition coefficient (Wildman–Crippen LogP) is 1.47. The van der Waals surface area contributed by atoms with Gasteiger partial charge in [0.2, 0.25) is 11.8 Å². The summed E-state index contributed by atoms with van der Waals surface area (Å²) in [5, 5.41) is 2.84. The van der Waals surface area contributed by atoms with Gasteiger partial charge in [-0.15, -0.1) is 0 Å². The van der Waals surface area contributed by atoms with Gasteiger partial charge in [0.15, 0.2) is 0 Å². The van der Waals surface area contributed by atoms with Gasteiger partial charge in [-0.25, -0.2) is 4.39 Å². The number of amides is 2. The van der Waals surface area contributed by atoms with Crippen molar-refractivity contribution in [3.8, 4) is 0 Å². The molecule has 1 atom stereocenters. The number of ether oxygens (including phenoxy) is 1. The van der Waals surface area contributed by atoms with E-state index in [0.29, 0.717) is 26.3 Å². The Morgan fingerprint density at radius 3 is 2.65 bits per heavy atom. The van der Waals surface area contributed by atoms with Gasteiger partial charge in [-0.1, -0.05) is 12.1 Å². The Hall–Kier alpha value is -1.95. The number of hydrogen-bond acceptors (Lipinski definition) is 3. The summed E-state index contributed by atoms with van der Waals surface area (Å²) < 4.78 is 18.2. The van der Waals surface area contributed by atoms with Crippen molar-refractivity contribution in [2.75, 3.05) is 19.8 Å². The zero-order chi connectivity index (χ0) is 16.2. The van der Waals surface area contributed by atoms with Crippen LogP contribution in [0.25, 0.3) is 0 Å². The zero-order valence-electron chi connectivity index (χ0n) is 13.0. The van der Waals surface area contributed by atoms with Crippen molar-refractivity contribution in [3.63, 3.8) is 0 Å². The van der Waals surface area contributed by atoms with E-state index in [2.05, 4.69) is 5.32 Å². The molecule has 2 fully saturated rings. The van der Waals surface area contributed by atoms with Gasteiger partial charge in [0.05, 0.1) is 5.92 Å². The van der Waals surface area contributed by atoms with Crippen LogP contribution in [0.1, 0.15) is 24.8 Å². The van der Waals surface area contributed by atoms with Crippen LogP contribution in [0, 0.1) is 11.7 Å². The van der Waals surface area contributed by atoms with Gasteiger partial charge in [0.1, 0.15) is 5.82 Å². The molecule has 1 aromatic carbocycles. The number of carbonyl (C=O) groups is 2. The summed E-state index contributed by atoms with van der Waals surface area (Å²) in [4.78, 5) is 26.3. The van der Waals surface area contributed by atoms with Crippen LogP contribution in [0.2, 0.25) is 0 Å². The largest absolute Gasteiger partial charge is 0.381 e. The Morgan fingerprint density at radius 1 is 1.26 bits per heavy atom. The minimum Gasteiger partial charge on any atom is -0.381 e. The van der Waals surface area contributed by atoms with Crippen molar-refractivity contribution in [1.29, 1.82) is 0 Å². The molecule has 2 heterocycles. The molecule has 6 heteroatoms. The Bertz CT molecular complexity index is 570. The average molecular weight is 320 g/mol. The highest BCUT2D eigenvalue weighted by Gasteiger charge is 2.38. The van der Waals surface area contributed by atoms with E-state index < -0.39 is 0 Å². The van der Waals surface area contributed by atoms with Crippen LogP contribution in [0.3, 0.4) is 0 Å². The minimum atomic E-state index is -0.300. The third-order valence-electron chi connectivity index (χ3n) is 4.54. The quantitative estimate of drug-likeness (QED) is 0.914. The highest BCUT2D eigenvalue weighted by atomic mass is 19.1. The average Bonchev–Trinajstić information content (AvgIpc) is 2.97. The molecule has 2 aliphatic rings. The Balaban J connectivity index is 1.52. The molecule has 2 aliphatic heterocycles. The molecule has 0 bridgehead atoms. The number of carbonyl (C=O) groups excluding carboxylic acids is 2. The van der Waals surface area contributed by atoms with E-state index in [0.717, 1.165) is 18.4 Å². The maximum Gasteiger partial charge on any atom is 0.225 e. The summed E-state index contributed by atoms with van der Waals surface area (Å²) >= 11 is 0. The SMILES string of the molecule is O=C(NCc1ccc(F)cc1)C1CC(=O)N(C2CCOCC2)C1. The van der Waals surface area contributed by atoms with E-state index in [9.17, 15) is 14.0 Å². The van der Waals surface area contributed by atoms with E-state index in [4.69, 9.17) is 4.74 Å². The van der Waals surface area contributed by atoms with Gasteiger partial charge in [0.25, 0.3) is 0 Å². The van der Waals surface area contributed by atoms with Crippen molar-refractivity contribution in [2.45, 2.75) is 31.8 Å². The predicted molar refractivity (Wildman–Crippen MR) is 81.9 cm³/mol. The molecule has 0 saturated carbocycles. The van der Waals surface area contributed by atoms with Crippen molar-refractivity contribution in [3.05, 3.63) is 35.6 Å². The van der Waals surface area contributed by atoms with Crippen LogP contribution >= 0.6 is 0 Å². The zero-order valence-corrected chi connectivity index (χ0v) is 13.0. The maximum atomic E-state index is 12.9. The molecule has 3 rings (SSSR count). The number of halogens is 1. The summed E-state index contributed by atoms with van der Waals surface area (Å²) in [5.41, 5.74) is 0.838. The lowest BCUT2D eigenvalue weighted by molar-refractivity contribution is -0.131. The fraction of sp³-hybridized carbons (Fsp3) is 0.529. The first-order valence-electron chi connectivity index (χ1n) is 8.03. The number of nitrogens with one attached hydrogen (secondary N) is 1. The number of benzene rings is 1. The molecule has 5 nitrogen and oxygen atoms in total. The molecule has 1 unspecified atom stereocenters. The lowest BCUT2D eigenvalue weighted by Crippen LogP contribution is -2.41. The van der Waals surface area contributed by atoms with E-state index in [-0.39, 0.29) is 36.0 Å². The first-order chi connectivity index (χ1) is 11.1. The highest BCUT2D eigenvalue weighted by molar-refractivity contribution is 5.89. The molecule has 23 heavy (non-hydrogen) atoms. The summed E-state index contributed by atoms with van der Waals surface area (Å²) in [5.74, 6) is -0.657. The van der Waals surface area contributed by atoms with Gasteiger partial charge in [-0.05, 0) is 30.5 Å². The standard InChI is InChI=1S/C17H21FN2O3/c18-14-3-1-12(2-4-14)10-19-17(22)13-9-16(21)20(11-13)15-5-7-23-8-6-15/h1-4,13,15H,5-11H2,(H,19,22). The summed E-state index contributed by atoms with van der Waals surface area (Å²) in [6.45, 7) is 2.19. The van der Waals surface area contributed by atoms with E-state index in [1.807, 2.05) is 4.90 Å². The normalized spacial score (nSPS) is 22.4.